The summed E-state index contributed by atoms with van der Waals surface area (Å²) in [6.07, 6.45) is 0. The van der Waals surface area contributed by atoms with Crippen LogP contribution >= 0.6 is 0 Å². The summed E-state index contributed by atoms with van der Waals surface area (Å²) < 4.78 is 0. The van der Waals surface area contributed by atoms with E-state index < -0.39 is 10.8 Å². The Balaban J connectivity index is 1.38. The average Bonchev–Trinajstić information content (AvgIpc) is 2.89. The molecule has 172 valence electrons. The minimum absolute atomic E-state index is 0.101. The second-order valence-electron chi connectivity index (χ2n) is 7.56. The lowest BCUT2D eigenvalue weighted by Gasteiger charge is -2.08. The van der Waals surface area contributed by atoms with E-state index in [4.69, 9.17) is 0 Å². The molecule has 2 N–H and O–H groups in total. The molecule has 0 spiro atoms. The van der Waals surface area contributed by atoms with Crippen molar-refractivity contribution < 1.29 is 19.3 Å². The summed E-state index contributed by atoms with van der Waals surface area (Å²) in [5.41, 5.74) is 2.63. The van der Waals surface area contributed by atoms with Crippen molar-refractivity contribution in [2.24, 2.45) is 0 Å². The summed E-state index contributed by atoms with van der Waals surface area (Å²) in [6.45, 7) is 0. The van der Waals surface area contributed by atoms with Gasteiger partial charge in [-0.1, -0.05) is 18.2 Å². The molecule has 0 saturated heterocycles. The maximum Gasteiger partial charge on any atom is 0.269 e. The van der Waals surface area contributed by atoms with Crippen LogP contribution in [0.15, 0.2) is 103 Å². The van der Waals surface area contributed by atoms with Crippen molar-refractivity contribution in [3.63, 3.8) is 0 Å². The molecule has 0 unspecified atom stereocenters. The molecule has 0 atom stereocenters. The summed E-state index contributed by atoms with van der Waals surface area (Å²) in [5.74, 6) is -0.873. The zero-order valence-electron chi connectivity index (χ0n) is 18.3. The Hall–Kier alpha value is -5.11. The third kappa shape index (κ3) is 5.63. The number of benzene rings is 4. The molecule has 8 nitrogen and oxygen atoms in total. The minimum Gasteiger partial charge on any atom is -0.322 e. The minimum atomic E-state index is -0.536. The molecule has 2 amide bonds. The Kier molecular flexibility index (Phi) is 6.73. The highest BCUT2D eigenvalue weighted by Gasteiger charge is 2.12. The summed E-state index contributed by atoms with van der Waals surface area (Å²) in [5, 5.41) is 16.2. The molecule has 0 fully saturated rings. The number of hydrogen-bond donors (Lipinski definition) is 2. The van der Waals surface area contributed by atoms with Crippen molar-refractivity contribution in [3.05, 3.63) is 135 Å². The van der Waals surface area contributed by atoms with Crippen LogP contribution in [-0.4, -0.2) is 22.5 Å². The van der Waals surface area contributed by atoms with Gasteiger partial charge in [0.2, 0.25) is 0 Å². The van der Waals surface area contributed by atoms with E-state index in [0.29, 0.717) is 28.1 Å². The van der Waals surface area contributed by atoms with Crippen LogP contribution in [0.4, 0.5) is 17.1 Å². The second kappa shape index (κ2) is 10.2. The quantitative estimate of drug-likeness (QED) is 0.217. The summed E-state index contributed by atoms with van der Waals surface area (Å²) >= 11 is 0. The summed E-state index contributed by atoms with van der Waals surface area (Å²) in [6, 6.07) is 27.1. The molecule has 8 heteroatoms. The van der Waals surface area contributed by atoms with Crippen LogP contribution in [0.1, 0.15) is 36.6 Å². The number of anilines is 2. The van der Waals surface area contributed by atoms with E-state index in [1.54, 1.807) is 72.8 Å². The Morgan fingerprint density at radius 1 is 0.543 bits per heavy atom. The van der Waals surface area contributed by atoms with Crippen molar-refractivity contribution in [1.82, 2.24) is 0 Å². The number of hydrogen-bond acceptors (Lipinski definition) is 5. The van der Waals surface area contributed by atoms with Gasteiger partial charge in [0.1, 0.15) is 0 Å². The lowest BCUT2D eigenvalue weighted by Crippen LogP contribution is -2.12. The van der Waals surface area contributed by atoms with Gasteiger partial charge >= 0.3 is 0 Å². The van der Waals surface area contributed by atoms with Crippen LogP contribution in [0, 0.1) is 10.1 Å². The number of nitrogens with zero attached hydrogens (tertiary/aromatic N) is 1. The van der Waals surface area contributed by atoms with Crippen molar-refractivity contribution in [1.29, 1.82) is 0 Å². The molecule has 0 radical (unpaired) electrons. The van der Waals surface area contributed by atoms with E-state index >= 15 is 0 Å². The van der Waals surface area contributed by atoms with E-state index in [-0.39, 0.29) is 22.9 Å². The van der Waals surface area contributed by atoms with E-state index in [1.165, 1.54) is 24.3 Å². The average molecular weight is 465 g/mol. The van der Waals surface area contributed by atoms with Crippen molar-refractivity contribution in [2.45, 2.75) is 0 Å². The lowest BCUT2D eigenvalue weighted by atomic mass is 10.0. The molecule has 0 saturated carbocycles. The number of carbonyl (C=O) groups excluding carboxylic acids is 3. The predicted molar refractivity (Wildman–Crippen MR) is 132 cm³/mol. The second-order valence-corrected chi connectivity index (χ2v) is 7.56. The van der Waals surface area contributed by atoms with Crippen molar-refractivity contribution in [2.75, 3.05) is 10.6 Å². The smallest absolute Gasteiger partial charge is 0.269 e. The molecule has 0 aromatic heterocycles. The number of ketones is 1. The molecule has 0 aliphatic carbocycles. The van der Waals surface area contributed by atoms with Gasteiger partial charge in [0.25, 0.3) is 17.5 Å². The van der Waals surface area contributed by atoms with Crippen molar-refractivity contribution in [3.8, 4) is 0 Å². The summed E-state index contributed by atoms with van der Waals surface area (Å²) in [4.78, 5) is 47.6. The van der Waals surface area contributed by atoms with Gasteiger partial charge in [0.15, 0.2) is 5.78 Å². The number of non-ortho nitro benzene ring substituents is 1. The Morgan fingerprint density at radius 2 is 0.943 bits per heavy atom. The van der Waals surface area contributed by atoms with Gasteiger partial charge in [-0.05, 0) is 72.8 Å². The van der Waals surface area contributed by atoms with Gasteiger partial charge < -0.3 is 10.6 Å². The largest absolute Gasteiger partial charge is 0.322 e. The van der Waals surface area contributed by atoms with Crippen LogP contribution in [0.3, 0.4) is 0 Å². The number of carbonyl (C=O) groups is 3. The molecular weight excluding hydrogens is 446 g/mol. The van der Waals surface area contributed by atoms with Crippen LogP contribution in [0.25, 0.3) is 0 Å². The van der Waals surface area contributed by atoms with Gasteiger partial charge in [-0.25, -0.2) is 0 Å². The Morgan fingerprint density at radius 3 is 1.37 bits per heavy atom. The van der Waals surface area contributed by atoms with Gasteiger partial charge in [-0.15, -0.1) is 0 Å². The molecule has 0 heterocycles. The number of amides is 2. The standard InChI is InChI=1S/C27H19N3O5/c31-25(18-6-12-22(13-7-18)28-26(32)20-4-2-1-3-5-20)19-8-14-23(15-9-19)29-27(33)21-10-16-24(17-11-21)30(34)35/h1-17H,(H,28,32)(H,29,33). The number of nitro benzene ring substituents is 1. The lowest BCUT2D eigenvalue weighted by molar-refractivity contribution is -0.384. The monoisotopic (exact) mass is 465 g/mol. The van der Waals surface area contributed by atoms with Gasteiger partial charge in [0.05, 0.1) is 4.92 Å². The number of nitro groups is 1. The molecule has 4 aromatic carbocycles. The maximum atomic E-state index is 12.8. The third-order valence-corrected chi connectivity index (χ3v) is 5.19. The Bertz CT molecular complexity index is 1380. The van der Waals surface area contributed by atoms with Gasteiger partial charge in [-0.2, -0.15) is 0 Å². The Labute approximate surface area is 200 Å². The van der Waals surface area contributed by atoms with E-state index in [9.17, 15) is 24.5 Å². The van der Waals surface area contributed by atoms with Crippen LogP contribution in [0.2, 0.25) is 0 Å². The maximum absolute atomic E-state index is 12.8. The number of rotatable bonds is 7. The van der Waals surface area contributed by atoms with Gasteiger partial charge in [0, 0.05) is 45.8 Å². The van der Waals surface area contributed by atoms with Crippen molar-refractivity contribution >= 4 is 34.7 Å². The van der Waals surface area contributed by atoms with Crippen LogP contribution < -0.4 is 10.6 Å². The highest BCUT2D eigenvalue weighted by molar-refractivity contribution is 6.10. The van der Waals surface area contributed by atoms with E-state index in [2.05, 4.69) is 10.6 Å². The molecule has 0 aliphatic heterocycles. The van der Waals surface area contributed by atoms with E-state index in [1.807, 2.05) is 6.07 Å². The zero-order chi connectivity index (χ0) is 24.8. The fraction of sp³-hybridized carbons (Fsp3) is 0. The first-order valence-corrected chi connectivity index (χ1v) is 10.6. The van der Waals surface area contributed by atoms with E-state index in [0.717, 1.165) is 0 Å². The highest BCUT2D eigenvalue weighted by atomic mass is 16.6. The molecule has 35 heavy (non-hydrogen) atoms. The molecule has 0 bridgehead atoms. The molecule has 0 aliphatic rings. The topological polar surface area (TPSA) is 118 Å². The van der Waals surface area contributed by atoms with Crippen LogP contribution in [0.5, 0.6) is 0 Å². The highest BCUT2D eigenvalue weighted by Crippen LogP contribution is 2.18. The zero-order valence-corrected chi connectivity index (χ0v) is 18.3. The third-order valence-electron chi connectivity index (χ3n) is 5.19. The normalized spacial score (nSPS) is 10.3. The first-order valence-electron chi connectivity index (χ1n) is 10.6. The SMILES string of the molecule is O=C(Nc1ccc(C(=O)c2ccc(NC(=O)c3ccc([N+](=O)[O-])cc3)cc2)cc1)c1ccccc1. The molecule has 4 aromatic rings. The number of nitrogens with one attached hydrogen (secondary N) is 2. The molecule has 4 rings (SSSR count). The van der Waals surface area contributed by atoms with Crippen LogP contribution in [-0.2, 0) is 0 Å². The van der Waals surface area contributed by atoms with Gasteiger partial charge in [-0.3, -0.25) is 24.5 Å². The molecular formula is C27H19N3O5. The summed E-state index contributed by atoms with van der Waals surface area (Å²) in [7, 11) is 0. The fourth-order valence-electron chi connectivity index (χ4n) is 3.31. The fourth-order valence-corrected chi connectivity index (χ4v) is 3.31. The first kappa shape index (κ1) is 23.1. The predicted octanol–water partition coefficient (Wildman–Crippen LogP) is 5.33. The first-order chi connectivity index (χ1) is 16.9.